The number of nitrogens with zero attached hydrogens (tertiary/aromatic N) is 5. The smallest absolute Gasteiger partial charge is 0.180 e. The third-order valence-electron chi connectivity index (χ3n) is 3.76. The molecule has 0 bridgehead atoms. The van der Waals surface area contributed by atoms with Crippen molar-refractivity contribution in [2.75, 3.05) is 0 Å². The van der Waals surface area contributed by atoms with Crippen LogP contribution < -0.4 is 0 Å². The molecule has 5 aromatic heterocycles. The molecule has 0 atom stereocenters. The van der Waals surface area contributed by atoms with Gasteiger partial charge in [0.15, 0.2) is 6.39 Å². The Morgan fingerprint density at radius 3 is 3.13 bits per heavy atom. The quantitative estimate of drug-likeness (QED) is 0.533. The van der Waals surface area contributed by atoms with Crippen LogP contribution in [0.5, 0.6) is 0 Å². The van der Waals surface area contributed by atoms with E-state index >= 15 is 0 Å². The van der Waals surface area contributed by atoms with Crippen LogP contribution in [0.4, 0.5) is 0 Å². The van der Waals surface area contributed by atoms with Gasteiger partial charge in [-0.1, -0.05) is 0 Å². The van der Waals surface area contributed by atoms with Gasteiger partial charge in [0.25, 0.3) is 0 Å². The number of H-pyrrole nitrogens is 2. The summed E-state index contributed by atoms with van der Waals surface area (Å²) in [5.74, 6) is 0.766. The van der Waals surface area contributed by atoms with Gasteiger partial charge in [0.1, 0.15) is 28.9 Å². The molecule has 5 rings (SSSR count). The van der Waals surface area contributed by atoms with Crippen LogP contribution in [-0.2, 0) is 6.54 Å². The summed E-state index contributed by atoms with van der Waals surface area (Å²) in [5.41, 5.74) is 4.37. The average molecular weight is 305 g/mol. The van der Waals surface area contributed by atoms with Crippen LogP contribution >= 0.6 is 0 Å². The standard InChI is InChI=1S/C15H11N7O/c1-2-16-15-11(1)13-12(4-17-15)20-14(21-13)9-3-19-22(5-9)6-10-7-23-8-18-10/h1-5,7-8H,6H2,(H,16,17)(H,20,21). The van der Waals surface area contributed by atoms with Crippen LogP contribution in [0.25, 0.3) is 33.5 Å². The van der Waals surface area contributed by atoms with E-state index in [9.17, 15) is 0 Å². The SMILES string of the molecule is c1cc2c(ncc3nc(-c4cnn(Cc5cocn5)c4)[nH]c32)[nH]1. The topological polar surface area (TPSA) is 101 Å². The van der Waals surface area contributed by atoms with Crippen molar-refractivity contribution in [1.82, 2.24) is 34.7 Å². The minimum absolute atomic E-state index is 0.556. The molecule has 8 heteroatoms. The number of imidazole rings is 1. The summed E-state index contributed by atoms with van der Waals surface area (Å²) in [6, 6.07) is 1.99. The fourth-order valence-corrected chi connectivity index (χ4v) is 2.67. The minimum atomic E-state index is 0.556. The first-order chi connectivity index (χ1) is 11.4. The van der Waals surface area contributed by atoms with Gasteiger partial charge in [-0.2, -0.15) is 5.10 Å². The highest BCUT2D eigenvalue weighted by atomic mass is 16.3. The van der Waals surface area contributed by atoms with Crippen molar-refractivity contribution in [2.45, 2.75) is 6.54 Å². The molecule has 0 aliphatic heterocycles. The van der Waals surface area contributed by atoms with Crippen molar-refractivity contribution in [2.24, 2.45) is 0 Å². The fourth-order valence-electron chi connectivity index (χ4n) is 2.67. The first-order valence-corrected chi connectivity index (χ1v) is 7.08. The third kappa shape index (κ3) is 1.92. The molecule has 0 amide bonds. The maximum absolute atomic E-state index is 4.97. The molecule has 2 N–H and O–H groups in total. The van der Waals surface area contributed by atoms with E-state index in [1.807, 2.05) is 18.5 Å². The minimum Gasteiger partial charge on any atom is -0.451 e. The molecule has 8 nitrogen and oxygen atoms in total. The Bertz CT molecular complexity index is 1100. The highest BCUT2D eigenvalue weighted by Crippen LogP contribution is 2.24. The van der Waals surface area contributed by atoms with Gasteiger partial charge in [-0.05, 0) is 6.07 Å². The zero-order valence-corrected chi connectivity index (χ0v) is 11.9. The number of hydrogen-bond donors (Lipinski definition) is 2. The predicted octanol–water partition coefficient (Wildman–Crippen LogP) is 2.34. The van der Waals surface area contributed by atoms with Crippen molar-refractivity contribution in [1.29, 1.82) is 0 Å². The molecule has 0 radical (unpaired) electrons. The van der Waals surface area contributed by atoms with Crippen LogP contribution in [0.3, 0.4) is 0 Å². The zero-order valence-electron chi connectivity index (χ0n) is 11.9. The Balaban J connectivity index is 1.56. The lowest BCUT2D eigenvalue weighted by Crippen LogP contribution is -1.99. The normalized spacial score (nSPS) is 11.7. The van der Waals surface area contributed by atoms with Gasteiger partial charge < -0.3 is 14.4 Å². The third-order valence-corrected chi connectivity index (χ3v) is 3.76. The lowest BCUT2D eigenvalue weighted by atomic mass is 10.3. The van der Waals surface area contributed by atoms with Gasteiger partial charge in [0, 0.05) is 17.8 Å². The molecule has 0 aliphatic carbocycles. The highest BCUT2D eigenvalue weighted by Gasteiger charge is 2.11. The van der Waals surface area contributed by atoms with Crippen molar-refractivity contribution in [3.05, 3.63) is 49.2 Å². The van der Waals surface area contributed by atoms with E-state index in [1.165, 1.54) is 6.39 Å². The number of pyridine rings is 1. The molecule has 0 unspecified atom stereocenters. The summed E-state index contributed by atoms with van der Waals surface area (Å²) >= 11 is 0. The van der Waals surface area contributed by atoms with Crippen LogP contribution in [-0.4, -0.2) is 34.7 Å². The monoisotopic (exact) mass is 305 g/mol. The predicted molar refractivity (Wildman–Crippen MR) is 82.6 cm³/mol. The number of aromatic amines is 2. The average Bonchev–Trinajstić information content (AvgIpc) is 3.33. The molecule has 5 aromatic rings. The molecule has 0 saturated heterocycles. The summed E-state index contributed by atoms with van der Waals surface area (Å²) in [6.45, 7) is 0.556. The number of nitrogens with one attached hydrogen (secondary N) is 2. The van der Waals surface area contributed by atoms with E-state index in [1.54, 1.807) is 23.3 Å². The summed E-state index contributed by atoms with van der Waals surface area (Å²) in [4.78, 5) is 19.5. The van der Waals surface area contributed by atoms with Gasteiger partial charge in [-0.3, -0.25) is 4.68 Å². The highest BCUT2D eigenvalue weighted by molar-refractivity contribution is 6.01. The maximum Gasteiger partial charge on any atom is 0.180 e. The first kappa shape index (κ1) is 12.2. The zero-order chi connectivity index (χ0) is 15.2. The molecule has 0 spiro atoms. The Kier molecular flexibility index (Phi) is 2.40. The number of oxazole rings is 1. The largest absolute Gasteiger partial charge is 0.451 e. The summed E-state index contributed by atoms with van der Waals surface area (Å²) in [6.07, 6.45) is 10.3. The van der Waals surface area contributed by atoms with E-state index in [-0.39, 0.29) is 0 Å². The first-order valence-electron chi connectivity index (χ1n) is 7.08. The lowest BCUT2D eigenvalue weighted by Gasteiger charge is -1.95. The van der Waals surface area contributed by atoms with Crippen LogP contribution in [0, 0.1) is 0 Å². The molecule has 23 heavy (non-hydrogen) atoms. The second-order valence-electron chi connectivity index (χ2n) is 5.25. The molecule has 0 saturated carbocycles. The lowest BCUT2D eigenvalue weighted by molar-refractivity contribution is 0.554. The second-order valence-corrected chi connectivity index (χ2v) is 5.25. The van der Waals surface area contributed by atoms with Gasteiger partial charge in [-0.25, -0.2) is 15.0 Å². The summed E-state index contributed by atoms with van der Waals surface area (Å²) < 4.78 is 6.77. The Labute approximate surface area is 129 Å². The van der Waals surface area contributed by atoms with Crippen molar-refractivity contribution < 1.29 is 4.42 Å². The van der Waals surface area contributed by atoms with Crippen molar-refractivity contribution in [3.63, 3.8) is 0 Å². The van der Waals surface area contributed by atoms with Crippen molar-refractivity contribution >= 4 is 22.1 Å². The number of aromatic nitrogens is 7. The van der Waals surface area contributed by atoms with Gasteiger partial charge in [0.2, 0.25) is 0 Å². The maximum atomic E-state index is 4.97. The molecule has 5 heterocycles. The van der Waals surface area contributed by atoms with Crippen LogP contribution in [0.1, 0.15) is 5.69 Å². The fraction of sp³-hybridized carbons (Fsp3) is 0.0667. The Hall–Kier alpha value is -3.42. The van der Waals surface area contributed by atoms with Gasteiger partial charge in [0.05, 0.1) is 30.0 Å². The molecule has 0 aromatic carbocycles. The molecular formula is C15H11N7O. The number of fused-ring (bicyclic) bond motifs is 3. The van der Waals surface area contributed by atoms with Crippen LogP contribution in [0.2, 0.25) is 0 Å². The Morgan fingerprint density at radius 2 is 2.22 bits per heavy atom. The van der Waals surface area contributed by atoms with E-state index in [0.717, 1.165) is 39.1 Å². The van der Waals surface area contributed by atoms with E-state index in [0.29, 0.717) is 6.54 Å². The van der Waals surface area contributed by atoms with Crippen LogP contribution in [0.15, 0.2) is 47.9 Å². The number of rotatable bonds is 3. The second kappa shape index (κ2) is 4.54. The summed E-state index contributed by atoms with van der Waals surface area (Å²) in [5, 5.41) is 5.37. The van der Waals surface area contributed by atoms with E-state index in [2.05, 4.69) is 30.0 Å². The molecular weight excluding hydrogens is 294 g/mol. The molecule has 0 aliphatic rings. The Morgan fingerprint density at radius 1 is 1.22 bits per heavy atom. The molecule has 0 fully saturated rings. The van der Waals surface area contributed by atoms with E-state index < -0.39 is 0 Å². The van der Waals surface area contributed by atoms with Gasteiger partial charge >= 0.3 is 0 Å². The molecule has 112 valence electrons. The summed E-state index contributed by atoms with van der Waals surface area (Å²) in [7, 11) is 0. The van der Waals surface area contributed by atoms with E-state index in [4.69, 9.17) is 4.42 Å². The van der Waals surface area contributed by atoms with Crippen molar-refractivity contribution in [3.8, 4) is 11.4 Å². The number of hydrogen-bond acceptors (Lipinski definition) is 5. The van der Waals surface area contributed by atoms with Gasteiger partial charge in [-0.15, -0.1) is 0 Å².